The largest absolute Gasteiger partial charge is 0.444 e. The third-order valence-corrected chi connectivity index (χ3v) is 4.74. The summed E-state index contributed by atoms with van der Waals surface area (Å²) < 4.78 is 5.48. The Morgan fingerprint density at radius 2 is 1.90 bits per heavy atom. The van der Waals surface area contributed by atoms with E-state index in [1.54, 1.807) is 23.2 Å². The SMILES string of the molecule is Cc1cnc(N)c(C(=O)c2cccc(N3CCCN(C(=O)OC(C)(C)C)CC3)n2)c1. The van der Waals surface area contributed by atoms with Gasteiger partial charge in [0, 0.05) is 32.4 Å². The van der Waals surface area contributed by atoms with Gasteiger partial charge in [-0.15, -0.1) is 0 Å². The molecule has 0 aromatic carbocycles. The molecule has 1 aliphatic heterocycles. The summed E-state index contributed by atoms with van der Waals surface area (Å²) in [5, 5.41) is 0. The average Bonchev–Trinajstić information content (AvgIpc) is 2.94. The summed E-state index contributed by atoms with van der Waals surface area (Å²) in [4.78, 5) is 37.7. The highest BCUT2D eigenvalue weighted by molar-refractivity contribution is 6.10. The van der Waals surface area contributed by atoms with Crippen molar-refractivity contribution in [3.05, 3.63) is 47.3 Å². The van der Waals surface area contributed by atoms with E-state index in [2.05, 4.69) is 14.9 Å². The zero-order valence-corrected chi connectivity index (χ0v) is 18.0. The lowest BCUT2D eigenvalue weighted by molar-refractivity contribution is 0.0263. The average molecular weight is 412 g/mol. The standard InChI is InChI=1S/C22H29N5O3/c1-15-13-16(20(23)24-14-15)19(28)17-7-5-8-18(25-17)26-9-6-10-27(12-11-26)21(29)30-22(2,3)4/h5,7-8,13-14H,6,9-12H2,1-4H3,(H2,23,24). The minimum atomic E-state index is -0.522. The van der Waals surface area contributed by atoms with Crippen molar-refractivity contribution in [2.24, 2.45) is 0 Å². The monoisotopic (exact) mass is 411 g/mol. The molecule has 1 aliphatic rings. The number of hydrogen-bond acceptors (Lipinski definition) is 7. The van der Waals surface area contributed by atoms with E-state index in [1.165, 1.54) is 0 Å². The lowest BCUT2D eigenvalue weighted by Crippen LogP contribution is -2.39. The molecular weight excluding hydrogens is 382 g/mol. The van der Waals surface area contributed by atoms with Crippen molar-refractivity contribution < 1.29 is 14.3 Å². The van der Waals surface area contributed by atoms with Gasteiger partial charge < -0.3 is 20.3 Å². The molecule has 3 rings (SSSR count). The first kappa shape index (κ1) is 21.5. The number of carbonyl (C=O) groups excluding carboxylic acids is 2. The second-order valence-corrected chi connectivity index (χ2v) is 8.46. The third-order valence-electron chi connectivity index (χ3n) is 4.74. The van der Waals surface area contributed by atoms with Crippen molar-refractivity contribution in [1.82, 2.24) is 14.9 Å². The summed E-state index contributed by atoms with van der Waals surface area (Å²) in [5.41, 5.74) is 6.91. The highest BCUT2D eigenvalue weighted by atomic mass is 16.6. The number of nitrogens with zero attached hydrogens (tertiary/aromatic N) is 4. The highest BCUT2D eigenvalue weighted by Crippen LogP contribution is 2.20. The second-order valence-electron chi connectivity index (χ2n) is 8.46. The van der Waals surface area contributed by atoms with E-state index >= 15 is 0 Å². The topological polar surface area (TPSA) is 102 Å². The molecule has 0 atom stereocenters. The highest BCUT2D eigenvalue weighted by Gasteiger charge is 2.25. The van der Waals surface area contributed by atoms with Gasteiger partial charge >= 0.3 is 6.09 Å². The number of anilines is 2. The Morgan fingerprint density at radius 3 is 2.63 bits per heavy atom. The van der Waals surface area contributed by atoms with Crippen molar-refractivity contribution in [2.75, 3.05) is 36.8 Å². The van der Waals surface area contributed by atoms with Crippen LogP contribution in [-0.2, 0) is 4.74 Å². The molecule has 3 heterocycles. The van der Waals surface area contributed by atoms with E-state index in [9.17, 15) is 9.59 Å². The fourth-order valence-corrected chi connectivity index (χ4v) is 3.28. The van der Waals surface area contributed by atoms with E-state index in [0.717, 1.165) is 18.5 Å². The molecule has 30 heavy (non-hydrogen) atoms. The molecule has 0 saturated carbocycles. The Labute approximate surface area is 177 Å². The van der Waals surface area contributed by atoms with Crippen LogP contribution in [-0.4, -0.2) is 58.5 Å². The van der Waals surface area contributed by atoms with Crippen LogP contribution in [0.2, 0.25) is 0 Å². The Hall–Kier alpha value is -3.16. The minimum absolute atomic E-state index is 0.195. The van der Waals surface area contributed by atoms with Gasteiger partial charge in [-0.05, 0) is 57.9 Å². The molecule has 1 amide bonds. The Balaban J connectivity index is 1.74. The van der Waals surface area contributed by atoms with Crippen molar-refractivity contribution in [3.8, 4) is 0 Å². The summed E-state index contributed by atoms with van der Waals surface area (Å²) in [7, 11) is 0. The number of aromatic nitrogens is 2. The number of pyridine rings is 2. The second kappa shape index (κ2) is 8.69. The third kappa shape index (κ3) is 5.25. The summed E-state index contributed by atoms with van der Waals surface area (Å²) in [6, 6.07) is 7.09. The zero-order chi connectivity index (χ0) is 21.9. The first-order valence-electron chi connectivity index (χ1n) is 10.1. The van der Waals surface area contributed by atoms with Gasteiger partial charge in [0.15, 0.2) is 0 Å². The van der Waals surface area contributed by atoms with E-state index in [4.69, 9.17) is 10.5 Å². The number of nitrogens with two attached hydrogens (primary N) is 1. The van der Waals surface area contributed by atoms with Crippen LogP contribution < -0.4 is 10.6 Å². The Morgan fingerprint density at radius 1 is 1.13 bits per heavy atom. The summed E-state index contributed by atoms with van der Waals surface area (Å²) in [6.07, 6.45) is 2.11. The van der Waals surface area contributed by atoms with Crippen LogP contribution in [0.3, 0.4) is 0 Å². The van der Waals surface area contributed by atoms with Crippen molar-refractivity contribution >= 4 is 23.5 Å². The van der Waals surface area contributed by atoms with Crippen LogP contribution in [0.1, 0.15) is 48.8 Å². The summed E-state index contributed by atoms with van der Waals surface area (Å²) >= 11 is 0. The van der Waals surface area contributed by atoms with Gasteiger partial charge in [0.25, 0.3) is 0 Å². The number of carbonyl (C=O) groups is 2. The van der Waals surface area contributed by atoms with Crippen molar-refractivity contribution in [2.45, 2.75) is 39.7 Å². The fourth-order valence-electron chi connectivity index (χ4n) is 3.28. The summed E-state index contributed by atoms with van der Waals surface area (Å²) in [6.45, 7) is 9.93. The predicted molar refractivity (Wildman–Crippen MR) is 116 cm³/mol. The lowest BCUT2D eigenvalue weighted by Gasteiger charge is -2.26. The maximum atomic E-state index is 12.9. The molecular formula is C22H29N5O3. The predicted octanol–water partition coefficient (Wildman–Crippen LogP) is 3.05. The molecule has 1 saturated heterocycles. The summed E-state index contributed by atoms with van der Waals surface area (Å²) in [5.74, 6) is 0.641. The number of ether oxygens (including phenoxy) is 1. The molecule has 1 fully saturated rings. The molecule has 0 spiro atoms. The molecule has 0 radical (unpaired) electrons. The van der Waals surface area contributed by atoms with Gasteiger partial charge in [-0.1, -0.05) is 6.07 Å². The van der Waals surface area contributed by atoms with Gasteiger partial charge in [-0.25, -0.2) is 14.8 Å². The Bertz CT molecular complexity index is 939. The molecule has 8 nitrogen and oxygen atoms in total. The van der Waals surface area contributed by atoms with Crippen LogP contribution in [0.25, 0.3) is 0 Å². The Kier molecular flexibility index (Phi) is 6.24. The van der Waals surface area contributed by atoms with Gasteiger partial charge in [-0.3, -0.25) is 4.79 Å². The number of ketones is 1. The molecule has 2 N–H and O–H groups in total. The zero-order valence-electron chi connectivity index (χ0n) is 18.0. The maximum Gasteiger partial charge on any atom is 0.410 e. The van der Waals surface area contributed by atoms with E-state index in [1.807, 2.05) is 39.8 Å². The lowest BCUT2D eigenvalue weighted by atomic mass is 10.1. The van der Waals surface area contributed by atoms with Gasteiger partial charge in [-0.2, -0.15) is 0 Å². The molecule has 0 unspecified atom stereocenters. The number of rotatable bonds is 3. The van der Waals surface area contributed by atoms with Crippen molar-refractivity contribution in [3.63, 3.8) is 0 Å². The maximum absolute atomic E-state index is 12.9. The molecule has 8 heteroatoms. The van der Waals surface area contributed by atoms with Gasteiger partial charge in [0.05, 0.1) is 5.56 Å². The fraction of sp³-hybridized carbons (Fsp3) is 0.455. The molecule has 0 aliphatic carbocycles. The first-order valence-corrected chi connectivity index (χ1v) is 10.1. The smallest absolute Gasteiger partial charge is 0.410 e. The van der Waals surface area contributed by atoms with Gasteiger partial charge in [0.2, 0.25) is 5.78 Å². The van der Waals surface area contributed by atoms with E-state index in [-0.39, 0.29) is 17.7 Å². The molecule has 2 aromatic heterocycles. The number of aryl methyl sites for hydroxylation is 1. The van der Waals surface area contributed by atoms with Crippen LogP contribution in [0.5, 0.6) is 0 Å². The number of nitrogen functional groups attached to an aromatic ring is 1. The van der Waals surface area contributed by atoms with Crippen LogP contribution in [0, 0.1) is 6.92 Å². The van der Waals surface area contributed by atoms with Crippen LogP contribution in [0.15, 0.2) is 30.5 Å². The first-order chi connectivity index (χ1) is 14.1. The number of hydrogen-bond donors (Lipinski definition) is 1. The quantitative estimate of drug-likeness (QED) is 0.775. The molecule has 160 valence electrons. The number of amides is 1. The molecule has 0 bridgehead atoms. The molecule has 2 aromatic rings. The van der Waals surface area contributed by atoms with E-state index < -0.39 is 5.60 Å². The van der Waals surface area contributed by atoms with Crippen LogP contribution in [0.4, 0.5) is 16.4 Å². The van der Waals surface area contributed by atoms with Crippen molar-refractivity contribution in [1.29, 1.82) is 0 Å². The minimum Gasteiger partial charge on any atom is -0.444 e. The normalized spacial score (nSPS) is 14.9. The van der Waals surface area contributed by atoms with E-state index in [0.29, 0.717) is 36.7 Å². The van der Waals surface area contributed by atoms with Crippen LogP contribution >= 0.6 is 0 Å². The van der Waals surface area contributed by atoms with Gasteiger partial charge in [0.1, 0.15) is 22.9 Å².